The Morgan fingerprint density at radius 3 is 2.55 bits per heavy atom. The second-order valence-corrected chi connectivity index (χ2v) is 6.15. The van der Waals surface area contributed by atoms with Gasteiger partial charge in [-0.05, 0) is 24.3 Å². The Balaban J connectivity index is 1.58. The maximum absolute atomic E-state index is 13.0. The lowest BCUT2D eigenvalue weighted by molar-refractivity contribution is -0.138. The Labute approximate surface area is 174 Å². The number of nitrogens with one attached hydrogen (secondary N) is 1. The van der Waals surface area contributed by atoms with Crippen molar-refractivity contribution in [1.29, 1.82) is 0 Å². The first-order chi connectivity index (χ1) is 14.8. The first kappa shape index (κ1) is 21.8. The number of aromatic nitrogens is 2. The van der Waals surface area contributed by atoms with E-state index >= 15 is 0 Å². The van der Waals surface area contributed by atoms with Crippen LogP contribution in [0.5, 0.6) is 5.75 Å². The Bertz CT molecular complexity index is 1080. The van der Waals surface area contributed by atoms with E-state index in [0.717, 1.165) is 12.1 Å². The number of benzene rings is 2. The van der Waals surface area contributed by atoms with Gasteiger partial charge in [0.05, 0.1) is 30.3 Å². The van der Waals surface area contributed by atoms with E-state index < -0.39 is 35.8 Å². The zero-order valence-corrected chi connectivity index (χ0v) is 16.1. The zero-order chi connectivity index (χ0) is 22.4. The van der Waals surface area contributed by atoms with Crippen LogP contribution in [0.1, 0.15) is 27.6 Å². The minimum absolute atomic E-state index is 0.00846. The number of alkyl halides is 3. The molecule has 0 fully saturated rings. The van der Waals surface area contributed by atoms with Gasteiger partial charge in [-0.15, -0.1) is 0 Å². The van der Waals surface area contributed by atoms with E-state index in [2.05, 4.69) is 15.5 Å². The van der Waals surface area contributed by atoms with Crippen molar-refractivity contribution >= 4 is 17.6 Å². The number of halogens is 3. The molecule has 3 aromatic rings. The van der Waals surface area contributed by atoms with Gasteiger partial charge in [-0.2, -0.15) is 18.2 Å². The van der Waals surface area contributed by atoms with Crippen LogP contribution in [0.15, 0.2) is 53.1 Å². The largest absolute Gasteiger partial charge is 0.495 e. The van der Waals surface area contributed by atoms with Gasteiger partial charge in [-0.1, -0.05) is 29.4 Å². The maximum atomic E-state index is 13.0. The molecule has 31 heavy (non-hydrogen) atoms. The third-order valence-corrected chi connectivity index (χ3v) is 3.99. The summed E-state index contributed by atoms with van der Waals surface area (Å²) < 4.78 is 53.9. The summed E-state index contributed by atoms with van der Waals surface area (Å²) in [6, 6.07) is 11.0. The molecule has 0 aliphatic rings. The Morgan fingerprint density at radius 1 is 1.10 bits per heavy atom. The van der Waals surface area contributed by atoms with E-state index in [0.29, 0.717) is 11.4 Å². The van der Waals surface area contributed by atoms with Crippen LogP contribution in [-0.4, -0.2) is 29.1 Å². The van der Waals surface area contributed by atoms with Crippen LogP contribution >= 0.6 is 0 Å². The number of esters is 1. The SMILES string of the molecule is COc1ccccc1NC(=O)Cc1noc(COC(=O)c2ccccc2C(F)(F)F)n1. The molecule has 8 nitrogen and oxygen atoms in total. The topological polar surface area (TPSA) is 104 Å². The van der Waals surface area contributed by atoms with Gasteiger partial charge in [0.15, 0.2) is 12.4 Å². The number of anilines is 1. The number of rotatable bonds is 7. The Kier molecular flexibility index (Phi) is 6.53. The highest BCUT2D eigenvalue weighted by atomic mass is 19.4. The van der Waals surface area contributed by atoms with Crippen LogP contribution in [0.2, 0.25) is 0 Å². The fourth-order valence-electron chi connectivity index (χ4n) is 2.62. The highest BCUT2D eigenvalue weighted by Crippen LogP contribution is 2.32. The van der Waals surface area contributed by atoms with Crippen LogP contribution in [0.4, 0.5) is 18.9 Å². The molecule has 0 saturated heterocycles. The first-order valence-electron chi connectivity index (χ1n) is 8.85. The van der Waals surface area contributed by atoms with Gasteiger partial charge in [-0.3, -0.25) is 4.79 Å². The van der Waals surface area contributed by atoms with E-state index in [1.54, 1.807) is 24.3 Å². The normalized spacial score (nSPS) is 11.1. The summed E-state index contributed by atoms with van der Waals surface area (Å²) in [5.41, 5.74) is -1.29. The highest BCUT2D eigenvalue weighted by Gasteiger charge is 2.35. The number of hydrogen-bond acceptors (Lipinski definition) is 7. The second-order valence-electron chi connectivity index (χ2n) is 6.15. The van der Waals surface area contributed by atoms with Crippen LogP contribution in [0.25, 0.3) is 0 Å². The third-order valence-electron chi connectivity index (χ3n) is 3.99. The molecule has 162 valence electrons. The molecule has 1 heterocycles. The van der Waals surface area contributed by atoms with Crippen LogP contribution in [-0.2, 0) is 28.7 Å². The van der Waals surface area contributed by atoms with Crippen LogP contribution < -0.4 is 10.1 Å². The van der Waals surface area contributed by atoms with E-state index in [-0.39, 0.29) is 18.1 Å². The summed E-state index contributed by atoms with van der Waals surface area (Å²) in [4.78, 5) is 28.1. The molecule has 0 bridgehead atoms. The van der Waals surface area contributed by atoms with Crippen molar-refractivity contribution < 1.29 is 36.8 Å². The quantitative estimate of drug-likeness (QED) is 0.565. The van der Waals surface area contributed by atoms with Crippen molar-refractivity contribution in [2.75, 3.05) is 12.4 Å². The molecule has 0 saturated carbocycles. The average Bonchev–Trinajstić information content (AvgIpc) is 3.19. The van der Waals surface area contributed by atoms with Crippen molar-refractivity contribution in [2.24, 2.45) is 0 Å². The molecular formula is C20H16F3N3O5. The predicted octanol–water partition coefficient (Wildman–Crippen LogP) is 3.64. The minimum Gasteiger partial charge on any atom is -0.495 e. The lowest BCUT2D eigenvalue weighted by atomic mass is 10.1. The highest BCUT2D eigenvalue weighted by molar-refractivity contribution is 5.93. The molecular weight excluding hydrogens is 419 g/mol. The Morgan fingerprint density at radius 2 is 1.81 bits per heavy atom. The van der Waals surface area contributed by atoms with Crippen LogP contribution in [0, 0.1) is 0 Å². The van der Waals surface area contributed by atoms with E-state index in [1.807, 2.05) is 0 Å². The monoisotopic (exact) mass is 435 g/mol. The lowest BCUT2D eigenvalue weighted by Crippen LogP contribution is -2.16. The fraction of sp³-hybridized carbons (Fsp3) is 0.200. The summed E-state index contributed by atoms with van der Waals surface area (Å²) in [5, 5.41) is 6.23. The molecule has 3 rings (SSSR count). The number of para-hydroxylation sites is 2. The van der Waals surface area contributed by atoms with Crippen molar-refractivity contribution in [1.82, 2.24) is 10.1 Å². The number of amides is 1. The molecule has 1 amide bonds. The van der Waals surface area contributed by atoms with E-state index in [9.17, 15) is 22.8 Å². The lowest BCUT2D eigenvalue weighted by Gasteiger charge is -2.11. The van der Waals surface area contributed by atoms with Crippen molar-refractivity contribution in [3.8, 4) is 5.75 Å². The molecule has 0 unspecified atom stereocenters. The average molecular weight is 435 g/mol. The number of carbonyl (C=O) groups excluding carboxylic acids is 2. The van der Waals surface area contributed by atoms with Gasteiger partial charge >= 0.3 is 12.1 Å². The van der Waals surface area contributed by atoms with E-state index in [4.69, 9.17) is 14.0 Å². The van der Waals surface area contributed by atoms with Crippen molar-refractivity contribution in [3.63, 3.8) is 0 Å². The third kappa shape index (κ3) is 5.59. The molecule has 0 aliphatic carbocycles. The molecule has 0 atom stereocenters. The number of methoxy groups -OCH3 is 1. The van der Waals surface area contributed by atoms with Gasteiger partial charge in [0, 0.05) is 0 Å². The zero-order valence-electron chi connectivity index (χ0n) is 16.1. The van der Waals surface area contributed by atoms with Crippen LogP contribution in [0.3, 0.4) is 0 Å². The van der Waals surface area contributed by atoms with Crippen molar-refractivity contribution in [3.05, 3.63) is 71.4 Å². The molecule has 1 aromatic heterocycles. The molecule has 0 aliphatic heterocycles. The Hall–Kier alpha value is -3.89. The number of hydrogen-bond donors (Lipinski definition) is 1. The van der Waals surface area contributed by atoms with Gasteiger partial charge in [0.1, 0.15) is 5.75 Å². The van der Waals surface area contributed by atoms with E-state index in [1.165, 1.54) is 19.2 Å². The van der Waals surface area contributed by atoms with Gasteiger partial charge in [-0.25, -0.2) is 4.79 Å². The maximum Gasteiger partial charge on any atom is 0.417 e. The predicted molar refractivity (Wildman–Crippen MR) is 100 cm³/mol. The molecule has 11 heteroatoms. The molecule has 0 spiro atoms. The van der Waals surface area contributed by atoms with Gasteiger partial charge in [0.25, 0.3) is 5.89 Å². The number of carbonyl (C=O) groups is 2. The van der Waals surface area contributed by atoms with Gasteiger partial charge in [0.2, 0.25) is 5.91 Å². The summed E-state index contributed by atoms with van der Waals surface area (Å²) >= 11 is 0. The summed E-state index contributed by atoms with van der Waals surface area (Å²) in [5.74, 6) is -1.34. The standard InChI is InChI=1S/C20H16F3N3O5/c1-29-15-9-5-4-8-14(15)24-17(27)10-16-25-18(31-26-16)11-30-19(28)12-6-2-3-7-13(12)20(21,22)23/h2-9H,10-11H2,1H3,(H,24,27). The number of ether oxygens (including phenoxy) is 2. The molecule has 1 N–H and O–H groups in total. The first-order valence-corrected chi connectivity index (χ1v) is 8.85. The number of nitrogens with zero attached hydrogens (tertiary/aromatic N) is 2. The minimum atomic E-state index is -4.71. The summed E-state index contributed by atoms with van der Waals surface area (Å²) in [7, 11) is 1.46. The van der Waals surface area contributed by atoms with Gasteiger partial charge < -0.3 is 19.3 Å². The smallest absolute Gasteiger partial charge is 0.417 e. The summed E-state index contributed by atoms with van der Waals surface area (Å²) in [6.07, 6.45) is -4.95. The summed E-state index contributed by atoms with van der Waals surface area (Å²) in [6.45, 7) is -0.549. The molecule has 2 aromatic carbocycles. The van der Waals surface area contributed by atoms with Crippen molar-refractivity contribution in [2.45, 2.75) is 19.2 Å². The molecule has 0 radical (unpaired) electrons. The fourth-order valence-corrected chi connectivity index (χ4v) is 2.62. The second kappa shape index (κ2) is 9.28.